The number of nitrogens with one attached hydrogen (secondary N) is 1. The molecule has 3 rings (SSSR count). The molecule has 1 fully saturated rings. The molecule has 0 aromatic carbocycles. The van der Waals surface area contributed by atoms with Gasteiger partial charge in [0.05, 0.1) is 23.0 Å². The van der Waals surface area contributed by atoms with Crippen LogP contribution in [0.1, 0.15) is 125 Å². The van der Waals surface area contributed by atoms with Crippen molar-refractivity contribution >= 4 is 23.7 Å². The number of carbonyl (C=O) groups is 2. The number of anilines is 2. The van der Waals surface area contributed by atoms with Gasteiger partial charge in [0.1, 0.15) is 17.0 Å². The smallest absolute Gasteiger partial charge is 0.420 e. The molecule has 1 aliphatic carbocycles. The van der Waals surface area contributed by atoms with Gasteiger partial charge in [-0.05, 0) is 120 Å². The maximum atomic E-state index is 13.8. The van der Waals surface area contributed by atoms with Crippen LogP contribution in [0.25, 0.3) is 0 Å². The highest BCUT2D eigenvalue weighted by Crippen LogP contribution is 2.39. The average molecular weight is 600 g/mol. The molecular formula is C33H53N5O5. The van der Waals surface area contributed by atoms with Gasteiger partial charge in [0, 0.05) is 29.9 Å². The Bertz CT molecular complexity index is 1240. The van der Waals surface area contributed by atoms with Gasteiger partial charge in [0.15, 0.2) is 0 Å². The zero-order valence-electron chi connectivity index (χ0n) is 27.9. The Morgan fingerprint density at radius 3 is 2.30 bits per heavy atom. The second-order valence-electron chi connectivity index (χ2n) is 14.8. The molecule has 0 spiro atoms. The quantitative estimate of drug-likeness (QED) is 0.289. The van der Waals surface area contributed by atoms with E-state index >= 15 is 0 Å². The van der Waals surface area contributed by atoms with E-state index in [2.05, 4.69) is 31.1 Å². The normalized spacial score (nSPS) is 18.3. The summed E-state index contributed by atoms with van der Waals surface area (Å²) in [6.45, 7) is 19.2. The van der Waals surface area contributed by atoms with E-state index in [4.69, 9.17) is 14.6 Å². The van der Waals surface area contributed by atoms with Crippen molar-refractivity contribution in [3.63, 3.8) is 0 Å². The lowest BCUT2D eigenvalue weighted by Gasteiger charge is -2.30. The Morgan fingerprint density at radius 1 is 1.05 bits per heavy atom. The monoisotopic (exact) mass is 599 g/mol. The SMILES string of the molecule is C[C@H](CCCCc1cc(N(C(=O)OC(C)(C)C)c2cc([C@H]3CC[C@@H](O)C3)nn2C(C)(C)C)ccn1)NC(=O)OC(C)(C)C. The molecule has 1 saturated carbocycles. The van der Waals surface area contributed by atoms with Crippen LogP contribution in [-0.2, 0) is 21.4 Å². The summed E-state index contributed by atoms with van der Waals surface area (Å²) in [5, 5.41) is 18.0. The number of aryl methyl sites for hydroxylation is 1. The molecule has 240 valence electrons. The fourth-order valence-corrected chi connectivity index (χ4v) is 5.19. The molecule has 0 bridgehead atoms. The fraction of sp³-hybridized carbons (Fsp3) is 0.697. The summed E-state index contributed by atoms with van der Waals surface area (Å²) in [4.78, 5) is 32.0. The van der Waals surface area contributed by atoms with Gasteiger partial charge < -0.3 is 19.9 Å². The van der Waals surface area contributed by atoms with Gasteiger partial charge in [-0.2, -0.15) is 5.10 Å². The number of carbonyl (C=O) groups excluding carboxylic acids is 2. The minimum absolute atomic E-state index is 0.00957. The molecule has 0 saturated heterocycles. The van der Waals surface area contributed by atoms with E-state index in [1.165, 1.54) is 0 Å². The molecule has 10 nitrogen and oxygen atoms in total. The Kier molecular flexibility index (Phi) is 10.9. The van der Waals surface area contributed by atoms with E-state index in [1.54, 1.807) is 11.1 Å². The second-order valence-corrected chi connectivity index (χ2v) is 14.8. The van der Waals surface area contributed by atoms with Crippen LogP contribution in [0.5, 0.6) is 0 Å². The van der Waals surface area contributed by atoms with Crippen molar-refractivity contribution in [2.24, 2.45) is 0 Å². The number of aromatic nitrogens is 3. The molecule has 43 heavy (non-hydrogen) atoms. The van der Waals surface area contributed by atoms with Crippen LogP contribution < -0.4 is 10.2 Å². The van der Waals surface area contributed by atoms with E-state index in [9.17, 15) is 14.7 Å². The van der Waals surface area contributed by atoms with Gasteiger partial charge in [-0.1, -0.05) is 6.42 Å². The zero-order valence-corrected chi connectivity index (χ0v) is 27.9. The average Bonchev–Trinajstić information content (AvgIpc) is 3.46. The Labute approximate surface area is 257 Å². The van der Waals surface area contributed by atoms with E-state index in [0.29, 0.717) is 17.9 Å². The largest absolute Gasteiger partial charge is 0.444 e. The predicted octanol–water partition coefficient (Wildman–Crippen LogP) is 7.36. The number of amides is 2. The minimum atomic E-state index is -0.694. The van der Waals surface area contributed by atoms with Gasteiger partial charge in [0.25, 0.3) is 0 Å². The van der Waals surface area contributed by atoms with E-state index < -0.39 is 28.9 Å². The van der Waals surface area contributed by atoms with Crippen LogP contribution in [-0.4, -0.2) is 55.4 Å². The third-order valence-corrected chi connectivity index (χ3v) is 7.11. The number of aliphatic hydroxyl groups is 1. The number of rotatable bonds is 9. The van der Waals surface area contributed by atoms with Crippen LogP contribution in [0.2, 0.25) is 0 Å². The number of aliphatic hydroxyl groups excluding tert-OH is 1. The summed E-state index contributed by atoms with van der Waals surface area (Å²) in [6, 6.07) is 5.71. The molecule has 1 aliphatic rings. The summed E-state index contributed by atoms with van der Waals surface area (Å²) in [7, 11) is 0. The maximum absolute atomic E-state index is 13.8. The number of nitrogens with zero attached hydrogens (tertiary/aromatic N) is 4. The van der Waals surface area contributed by atoms with Crippen molar-refractivity contribution in [1.82, 2.24) is 20.1 Å². The van der Waals surface area contributed by atoms with Crippen molar-refractivity contribution in [1.29, 1.82) is 0 Å². The summed E-state index contributed by atoms with van der Waals surface area (Å²) < 4.78 is 13.1. The molecule has 0 radical (unpaired) electrons. The molecule has 2 amide bonds. The summed E-state index contributed by atoms with van der Waals surface area (Å²) >= 11 is 0. The van der Waals surface area contributed by atoms with Gasteiger partial charge in [-0.25, -0.2) is 19.2 Å². The lowest BCUT2D eigenvalue weighted by Crippen LogP contribution is -2.37. The second kappa shape index (κ2) is 13.7. The lowest BCUT2D eigenvalue weighted by molar-refractivity contribution is 0.0504. The number of pyridine rings is 1. The van der Waals surface area contributed by atoms with Gasteiger partial charge in [-0.3, -0.25) is 4.98 Å². The molecule has 0 unspecified atom stereocenters. The van der Waals surface area contributed by atoms with Crippen LogP contribution >= 0.6 is 0 Å². The Hall–Kier alpha value is -3.14. The van der Waals surface area contributed by atoms with Crippen molar-refractivity contribution in [2.45, 2.75) is 149 Å². The van der Waals surface area contributed by atoms with Crippen LogP contribution in [0.15, 0.2) is 24.4 Å². The first-order valence-corrected chi connectivity index (χ1v) is 15.6. The Balaban J connectivity index is 1.82. The maximum Gasteiger partial charge on any atom is 0.420 e. The first-order valence-electron chi connectivity index (χ1n) is 15.6. The lowest BCUT2D eigenvalue weighted by atomic mass is 10.0. The van der Waals surface area contributed by atoms with Gasteiger partial charge in [0.2, 0.25) is 0 Å². The van der Waals surface area contributed by atoms with Gasteiger partial charge in [-0.15, -0.1) is 0 Å². The molecular weight excluding hydrogens is 546 g/mol. The fourth-order valence-electron chi connectivity index (χ4n) is 5.19. The standard InChI is InChI=1S/C33H53N5O5/c1-22(35-29(40)42-32(5,6)7)13-11-12-14-24-20-25(17-18-34-24)37(30(41)43-33(8,9)10)28-21-27(23-15-16-26(39)19-23)36-38(28)31(2,3)4/h17-18,20-23,26,39H,11-16,19H2,1-10H3,(H,35,40)/t22-,23+,26-/m1/s1. The first-order chi connectivity index (χ1) is 19.8. The van der Waals surface area contributed by atoms with Crippen LogP contribution in [0.4, 0.5) is 21.1 Å². The third-order valence-electron chi connectivity index (χ3n) is 7.11. The summed E-state index contributed by atoms with van der Waals surface area (Å²) in [5.74, 6) is 0.760. The summed E-state index contributed by atoms with van der Waals surface area (Å²) in [6.07, 6.45) is 6.08. The number of hydrogen-bond donors (Lipinski definition) is 2. The molecule has 0 aliphatic heterocycles. The Morgan fingerprint density at radius 2 is 1.72 bits per heavy atom. The zero-order chi connectivity index (χ0) is 32.2. The van der Waals surface area contributed by atoms with Crippen molar-refractivity contribution < 1.29 is 24.2 Å². The van der Waals surface area contributed by atoms with E-state index in [0.717, 1.165) is 49.9 Å². The van der Waals surface area contributed by atoms with E-state index in [1.807, 2.05) is 71.3 Å². The third kappa shape index (κ3) is 10.5. The van der Waals surface area contributed by atoms with Crippen LogP contribution in [0, 0.1) is 0 Å². The first kappa shape index (κ1) is 34.4. The van der Waals surface area contributed by atoms with Crippen molar-refractivity contribution in [2.75, 3.05) is 4.90 Å². The molecule has 10 heteroatoms. The summed E-state index contributed by atoms with van der Waals surface area (Å²) in [5.41, 5.74) is 0.755. The molecule has 2 aromatic rings. The number of unbranched alkanes of at least 4 members (excludes halogenated alkanes) is 1. The predicted molar refractivity (Wildman–Crippen MR) is 169 cm³/mol. The van der Waals surface area contributed by atoms with Crippen molar-refractivity contribution in [3.8, 4) is 0 Å². The number of alkyl carbamates (subject to hydrolysis) is 1. The van der Waals surface area contributed by atoms with Gasteiger partial charge >= 0.3 is 12.2 Å². The van der Waals surface area contributed by atoms with Crippen LogP contribution in [0.3, 0.4) is 0 Å². The van der Waals surface area contributed by atoms with Crippen molar-refractivity contribution in [3.05, 3.63) is 35.8 Å². The molecule has 2 heterocycles. The topological polar surface area (TPSA) is 119 Å². The molecule has 2 N–H and O–H groups in total. The highest BCUT2D eigenvalue weighted by molar-refractivity contribution is 5.95. The number of ether oxygens (including phenoxy) is 2. The molecule has 3 atom stereocenters. The number of hydrogen-bond acceptors (Lipinski definition) is 7. The molecule has 2 aromatic heterocycles. The highest BCUT2D eigenvalue weighted by atomic mass is 16.6. The highest BCUT2D eigenvalue weighted by Gasteiger charge is 2.34. The van der Waals surface area contributed by atoms with E-state index in [-0.39, 0.29) is 18.1 Å². The minimum Gasteiger partial charge on any atom is -0.444 e.